The molecule has 1 atom stereocenters. The van der Waals surface area contributed by atoms with E-state index in [0.717, 1.165) is 38.4 Å². The molecule has 2 rings (SSSR count). The summed E-state index contributed by atoms with van der Waals surface area (Å²) in [7, 11) is 0. The van der Waals surface area contributed by atoms with Crippen LogP contribution in [0.4, 0.5) is 0 Å². The third kappa shape index (κ3) is 4.74. The molecule has 1 amide bonds. The van der Waals surface area contributed by atoms with Crippen LogP contribution in [0.25, 0.3) is 0 Å². The number of likely N-dealkylation sites (N-methyl/N-ethyl adjacent to an activating group) is 1. The summed E-state index contributed by atoms with van der Waals surface area (Å²) in [4.78, 5) is 14.6. The monoisotopic (exact) mass is 281 g/mol. The summed E-state index contributed by atoms with van der Waals surface area (Å²) in [5.74, 6) is 1.06. The van der Waals surface area contributed by atoms with Crippen molar-refractivity contribution in [2.45, 2.75) is 64.5 Å². The lowest BCUT2D eigenvalue weighted by Gasteiger charge is -2.34. The van der Waals surface area contributed by atoms with Gasteiger partial charge in [0.05, 0.1) is 6.54 Å². The highest BCUT2D eigenvalue weighted by molar-refractivity contribution is 5.78. The first kappa shape index (κ1) is 15.8. The minimum Gasteiger partial charge on any atom is -0.352 e. The SMILES string of the molecule is CCN(CC(=O)NC1CCC(C)CC1)C1CCCNC1. The van der Waals surface area contributed by atoms with Gasteiger partial charge in [-0.25, -0.2) is 0 Å². The molecule has 4 heteroatoms. The maximum Gasteiger partial charge on any atom is 0.234 e. The number of rotatable bonds is 5. The highest BCUT2D eigenvalue weighted by Gasteiger charge is 2.24. The quantitative estimate of drug-likeness (QED) is 0.807. The van der Waals surface area contributed by atoms with Gasteiger partial charge in [0.15, 0.2) is 0 Å². The third-order valence-electron chi connectivity index (χ3n) is 4.92. The van der Waals surface area contributed by atoms with E-state index in [1.54, 1.807) is 0 Å². The van der Waals surface area contributed by atoms with E-state index in [9.17, 15) is 4.79 Å². The molecule has 1 saturated heterocycles. The Kier molecular flexibility index (Phi) is 6.30. The second kappa shape index (κ2) is 7.99. The zero-order valence-electron chi connectivity index (χ0n) is 13.2. The second-order valence-electron chi connectivity index (χ2n) is 6.59. The van der Waals surface area contributed by atoms with Gasteiger partial charge < -0.3 is 10.6 Å². The molecular weight excluding hydrogens is 250 g/mol. The number of hydrogen-bond donors (Lipinski definition) is 2. The van der Waals surface area contributed by atoms with E-state index in [2.05, 4.69) is 29.4 Å². The van der Waals surface area contributed by atoms with Gasteiger partial charge >= 0.3 is 0 Å². The van der Waals surface area contributed by atoms with Crippen LogP contribution in [0.1, 0.15) is 52.4 Å². The van der Waals surface area contributed by atoms with Crippen LogP contribution in [0, 0.1) is 5.92 Å². The lowest BCUT2D eigenvalue weighted by molar-refractivity contribution is -0.123. The average Bonchev–Trinajstić information content (AvgIpc) is 2.48. The van der Waals surface area contributed by atoms with Gasteiger partial charge in [0.25, 0.3) is 0 Å². The number of carbonyl (C=O) groups is 1. The Balaban J connectivity index is 1.74. The van der Waals surface area contributed by atoms with Gasteiger partial charge in [0.2, 0.25) is 5.91 Å². The largest absolute Gasteiger partial charge is 0.352 e. The average molecular weight is 281 g/mol. The molecule has 0 radical (unpaired) electrons. The third-order valence-corrected chi connectivity index (χ3v) is 4.92. The normalized spacial score (nSPS) is 31.2. The summed E-state index contributed by atoms with van der Waals surface area (Å²) in [6.07, 6.45) is 7.27. The van der Waals surface area contributed by atoms with Crippen LogP contribution in [0.2, 0.25) is 0 Å². The molecule has 20 heavy (non-hydrogen) atoms. The van der Waals surface area contributed by atoms with E-state index >= 15 is 0 Å². The Hall–Kier alpha value is -0.610. The summed E-state index contributed by atoms with van der Waals surface area (Å²) in [6.45, 7) is 8.15. The van der Waals surface area contributed by atoms with Crippen LogP contribution in [0.5, 0.6) is 0 Å². The highest BCUT2D eigenvalue weighted by atomic mass is 16.2. The van der Waals surface area contributed by atoms with Crippen molar-refractivity contribution in [1.29, 1.82) is 0 Å². The summed E-state index contributed by atoms with van der Waals surface area (Å²) in [5.41, 5.74) is 0. The van der Waals surface area contributed by atoms with Crippen molar-refractivity contribution in [2.75, 3.05) is 26.2 Å². The molecule has 2 N–H and O–H groups in total. The molecule has 0 aromatic rings. The first-order chi connectivity index (χ1) is 9.69. The molecule has 2 aliphatic rings. The van der Waals surface area contributed by atoms with Crippen molar-refractivity contribution in [1.82, 2.24) is 15.5 Å². The molecule has 0 aromatic carbocycles. The van der Waals surface area contributed by atoms with Crippen molar-refractivity contribution in [3.05, 3.63) is 0 Å². The standard InChI is InChI=1S/C16H31N3O/c1-3-19(15-5-4-10-17-11-15)12-16(20)18-14-8-6-13(2)7-9-14/h13-15,17H,3-12H2,1-2H3,(H,18,20). The van der Waals surface area contributed by atoms with Gasteiger partial charge in [0.1, 0.15) is 0 Å². The Morgan fingerprint density at radius 3 is 2.60 bits per heavy atom. The molecule has 1 unspecified atom stereocenters. The van der Waals surface area contributed by atoms with Gasteiger partial charge in [0, 0.05) is 18.6 Å². The van der Waals surface area contributed by atoms with Crippen LogP contribution in [-0.4, -0.2) is 49.1 Å². The van der Waals surface area contributed by atoms with Crippen molar-refractivity contribution < 1.29 is 4.79 Å². The topological polar surface area (TPSA) is 44.4 Å². The van der Waals surface area contributed by atoms with E-state index in [-0.39, 0.29) is 5.91 Å². The zero-order chi connectivity index (χ0) is 14.4. The van der Waals surface area contributed by atoms with Crippen LogP contribution >= 0.6 is 0 Å². The number of nitrogens with one attached hydrogen (secondary N) is 2. The van der Waals surface area contributed by atoms with Crippen molar-refractivity contribution >= 4 is 5.91 Å². The molecule has 4 nitrogen and oxygen atoms in total. The molecule has 0 spiro atoms. The lowest BCUT2D eigenvalue weighted by Crippen LogP contribution is -2.50. The fraction of sp³-hybridized carbons (Fsp3) is 0.938. The first-order valence-electron chi connectivity index (χ1n) is 8.43. The van der Waals surface area contributed by atoms with Gasteiger partial charge in [-0.3, -0.25) is 9.69 Å². The molecule has 1 saturated carbocycles. The number of nitrogens with zero attached hydrogens (tertiary/aromatic N) is 1. The van der Waals surface area contributed by atoms with E-state index in [0.29, 0.717) is 18.6 Å². The van der Waals surface area contributed by atoms with Crippen LogP contribution in [0.3, 0.4) is 0 Å². The van der Waals surface area contributed by atoms with Crippen LogP contribution in [-0.2, 0) is 4.79 Å². The molecule has 1 aliphatic carbocycles. The number of piperidine rings is 1. The highest BCUT2D eigenvalue weighted by Crippen LogP contribution is 2.23. The van der Waals surface area contributed by atoms with E-state index < -0.39 is 0 Å². The predicted octanol–water partition coefficient (Wildman–Crippen LogP) is 1.76. The Morgan fingerprint density at radius 2 is 2.00 bits per heavy atom. The molecule has 1 aliphatic heterocycles. The minimum absolute atomic E-state index is 0.219. The van der Waals surface area contributed by atoms with E-state index in [4.69, 9.17) is 0 Å². The second-order valence-corrected chi connectivity index (χ2v) is 6.59. The predicted molar refractivity (Wildman–Crippen MR) is 82.7 cm³/mol. The summed E-state index contributed by atoms with van der Waals surface area (Å²) >= 11 is 0. The Labute approximate surface area is 123 Å². The summed E-state index contributed by atoms with van der Waals surface area (Å²) in [6, 6.07) is 0.952. The van der Waals surface area contributed by atoms with E-state index in [1.807, 2.05) is 0 Å². The smallest absolute Gasteiger partial charge is 0.234 e. The number of carbonyl (C=O) groups excluding carboxylic acids is 1. The Morgan fingerprint density at radius 1 is 1.25 bits per heavy atom. The van der Waals surface area contributed by atoms with Gasteiger partial charge in [-0.15, -0.1) is 0 Å². The van der Waals surface area contributed by atoms with Crippen molar-refractivity contribution in [3.8, 4) is 0 Å². The van der Waals surface area contributed by atoms with Crippen LogP contribution < -0.4 is 10.6 Å². The summed E-state index contributed by atoms with van der Waals surface area (Å²) in [5, 5.41) is 6.68. The fourth-order valence-electron chi connectivity index (χ4n) is 3.51. The van der Waals surface area contributed by atoms with Gasteiger partial charge in [-0.1, -0.05) is 13.8 Å². The Bertz CT molecular complexity index is 294. The van der Waals surface area contributed by atoms with Crippen molar-refractivity contribution in [3.63, 3.8) is 0 Å². The molecule has 2 fully saturated rings. The molecule has 1 heterocycles. The number of amides is 1. The van der Waals surface area contributed by atoms with E-state index in [1.165, 1.54) is 25.7 Å². The van der Waals surface area contributed by atoms with Crippen LogP contribution in [0.15, 0.2) is 0 Å². The first-order valence-corrected chi connectivity index (χ1v) is 8.43. The maximum absolute atomic E-state index is 12.2. The number of hydrogen-bond acceptors (Lipinski definition) is 3. The minimum atomic E-state index is 0.219. The van der Waals surface area contributed by atoms with Gasteiger partial charge in [-0.2, -0.15) is 0 Å². The zero-order valence-corrected chi connectivity index (χ0v) is 13.2. The van der Waals surface area contributed by atoms with Crippen molar-refractivity contribution in [2.24, 2.45) is 5.92 Å². The van der Waals surface area contributed by atoms with Gasteiger partial charge in [-0.05, 0) is 57.5 Å². The molecule has 116 valence electrons. The lowest BCUT2D eigenvalue weighted by atomic mass is 9.87. The maximum atomic E-state index is 12.2. The molecule has 0 bridgehead atoms. The fourth-order valence-corrected chi connectivity index (χ4v) is 3.51. The molecule has 0 aromatic heterocycles. The molecular formula is C16H31N3O. The summed E-state index contributed by atoms with van der Waals surface area (Å²) < 4.78 is 0.